The Kier molecular flexibility index (Phi) is 3.96. The third-order valence-electron chi connectivity index (χ3n) is 3.04. The van der Waals surface area contributed by atoms with Crippen LogP contribution >= 0.6 is 21.7 Å². The Morgan fingerprint density at radius 2 is 1.56 bits per heavy atom. The second kappa shape index (κ2) is 5.48. The predicted octanol–water partition coefficient (Wildman–Crippen LogP) is 4.71. The Morgan fingerprint density at radius 3 is 2.06 bits per heavy atom. The number of rotatable bonds is 3. The van der Waals surface area contributed by atoms with Crippen molar-refractivity contribution in [2.75, 3.05) is 0 Å². The summed E-state index contributed by atoms with van der Waals surface area (Å²) in [6.45, 7) is 2.08. The first-order chi connectivity index (χ1) is 8.70. The normalized spacial score (nSPS) is 13.6. The van der Waals surface area contributed by atoms with Gasteiger partial charge in [-0.15, -0.1) is 0 Å². The molecule has 0 bridgehead atoms. The lowest BCUT2D eigenvalue weighted by Crippen LogP contribution is -2.17. The highest BCUT2D eigenvalue weighted by Gasteiger charge is 2.29. The largest absolute Gasteiger partial charge is 0.192 e. The molecule has 0 heterocycles. The van der Waals surface area contributed by atoms with Crippen molar-refractivity contribution in [3.63, 3.8) is 0 Å². The third-order valence-corrected chi connectivity index (χ3v) is 4.75. The molecule has 0 aliphatic carbocycles. The molecule has 3 heteroatoms. The van der Waals surface area contributed by atoms with E-state index in [-0.39, 0.29) is 4.75 Å². The van der Waals surface area contributed by atoms with Gasteiger partial charge in [0.05, 0.1) is 16.4 Å². The first kappa shape index (κ1) is 13.0. The first-order valence-corrected chi connectivity index (χ1v) is 7.21. The maximum atomic E-state index is 8.82. The molecule has 2 aromatic carbocycles. The molecule has 0 radical (unpaired) electrons. The van der Waals surface area contributed by atoms with Crippen LogP contribution in [0.2, 0.25) is 0 Å². The van der Waals surface area contributed by atoms with Crippen LogP contribution in [0.15, 0.2) is 54.6 Å². The van der Waals surface area contributed by atoms with Crippen LogP contribution in [0.25, 0.3) is 0 Å². The average Bonchev–Trinajstić information content (AvgIpc) is 2.47. The molecule has 0 saturated carbocycles. The standard InChI is InChI=1S/C15H12ClNS/c1-15(18-16,13-5-3-2-4-6-13)14-9-7-12(11-17)8-10-14/h2-10H,1H3. The van der Waals surface area contributed by atoms with Gasteiger partial charge in [-0.3, -0.25) is 0 Å². The van der Waals surface area contributed by atoms with Crippen LogP contribution in [0.3, 0.4) is 0 Å². The van der Waals surface area contributed by atoms with E-state index in [4.69, 9.17) is 15.9 Å². The van der Waals surface area contributed by atoms with Crippen molar-refractivity contribution in [2.24, 2.45) is 0 Å². The lowest BCUT2D eigenvalue weighted by atomic mass is 9.91. The SMILES string of the molecule is CC(SCl)(c1ccccc1)c1ccc(C#N)cc1. The Hall–Kier alpha value is -1.43. The molecule has 2 rings (SSSR count). The average molecular weight is 274 g/mol. The van der Waals surface area contributed by atoms with Crippen LogP contribution < -0.4 is 0 Å². The number of halogens is 1. The van der Waals surface area contributed by atoms with Gasteiger partial charge in [0.15, 0.2) is 0 Å². The van der Waals surface area contributed by atoms with Crippen molar-refractivity contribution < 1.29 is 0 Å². The minimum Gasteiger partial charge on any atom is -0.192 e. The van der Waals surface area contributed by atoms with E-state index in [1.165, 1.54) is 11.0 Å². The van der Waals surface area contributed by atoms with Crippen molar-refractivity contribution in [3.05, 3.63) is 71.3 Å². The molecule has 0 amide bonds. The molecule has 0 fully saturated rings. The van der Waals surface area contributed by atoms with Gasteiger partial charge in [-0.25, -0.2) is 0 Å². The highest BCUT2D eigenvalue weighted by atomic mass is 35.7. The van der Waals surface area contributed by atoms with Crippen molar-refractivity contribution in [2.45, 2.75) is 11.7 Å². The summed E-state index contributed by atoms with van der Waals surface area (Å²) >= 11 is 0. The summed E-state index contributed by atoms with van der Waals surface area (Å²) in [4.78, 5) is 0. The topological polar surface area (TPSA) is 23.8 Å². The van der Waals surface area contributed by atoms with E-state index in [0.717, 1.165) is 11.1 Å². The molecule has 90 valence electrons. The lowest BCUT2D eigenvalue weighted by Gasteiger charge is -2.27. The van der Waals surface area contributed by atoms with Crippen molar-refractivity contribution >= 4 is 21.7 Å². The highest BCUT2D eigenvalue weighted by Crippen LogP contribution is 2.44. The molecule has 18 heavy (non-hydrogen) atoms. The summed E-state index contributed by atoms with van der Waals surface area (Å²) in [6, 6.07) is 19.8. The smallest absolute Gasteiger partial charge is 0.0991 e. The summed E-state index contributed by atoms with van der Waals surface area (Å²) in [7, 11) is 7.38. The number of benzene rings is 2. The quantitative estimate of drug-likeness (QED) is 0.809. The predicted molar refractivity (Wildman–Crippen MR) is 77.5 cm³/mol. The number of hydrogen-bond donors (Lipinski definition) is 0. The Bertz CT molecular complexity index is 559. The van der Waals surface area contributed by atoms with E-state index in [2.05, 4.69) is 25.1 Å². The summed E-state index contributed by atoms with van der Waals surface area (Å²) < 4.78 is -0.309. The van der Waals surface area contributed by atoms with Gasteiger partial charge in [0.25, 0.3) is 0 Å². The zero-order valence-corrected chi connectivity index (χ0v) is 11.5. The second-order valence-corrected chi connectivity index (χ2v) is 5.60. The fourth-order valence-electron chi connectivity index (χ4n) is 1.87. The molecule has 0 aliphatic rings. The van der Waals surface area contributed by atoms with Gasteiger partial charge in [0.1, 0.15) is 0 Å². The van der Waals surface area contributed by atoms with Crippen molar-refractivity contribution in [1.82, 2.24) is 0 Å². The van der Waals surface area contributed by atoms with E-state index in [9.17, 15) is 0 Å². The first-order valence-electron chi connectivity index (χ1n) is 5.56. The molecular formula is C15H12ClNS. The summed E-state index contributed by atoms with van der Waals surface area (Å²) in [5, 5.41) is 8.82. The molecule has 0 aliphatic heterocycles. The molecular weight excluding hydrogens is 262 g/mol. The van der Waals surface area contributed by atoms with Crippen LogP contribution in [0, 0.1) is 11.3 Å². The fraction of sp³-hybridized carbons (Fsp3) is 0.133. The van der Waals surface area contributed by atoms with Gasteiger partial charge < -0.3 is 0 Å². The van der Waals surface area contributed by atoms with Gasteiger partial charge in [-0.1, -0.05) is 42.5 Å². The molecule has 0 N–H and O–H groups in total. The van der Waals surface area contributed by atoms with Gasteiger partial charge in [0.2, 0.25) is 0 Å². The zero-order valence-electron chi connectivity index (χ0n) is 9.93. The minimum atomic E-state index is -0.309. The number of nitriles is 1. The molecule has 0 spiro atoms. The second-order valence-electron chi connectivity index (χ2n) is 4.17. The van der Waals surface area contributed by atoms with Gasteiger partial charge in [-0.2, -0.15) is 5.26 Å². The van der Waals surface area contributed by atoms with E-state index in [1.54, 1.807) is 0 Å². The van der Waals surface area contributed by atoms with E-state index < -0.39 is 0 Å². The fourth-order valence-corrected chi connectivity index (χ4v) is 2.86. The third kappa shape index (κ3) is 2.38. The summed E-state index contributed by atoms with van der Waals surface area (Å²) in [5.41, 5.74) is 2.90. The molecule has 0 saturated heterocycles. The van der Waals surface area contributed by atoms with Crippen molar-refractivity contribution in [1.29, 1.82) is 5.26 Å². The summed E-state index contributed by atoms with van der Waals surface area (Å²) in [5.74, 6) is 0. The van der Waals surface area contributed by atoms with Crippen LogP contribution in [0.1, 0.15) is 23.6 Å². The van der Waals surface area contributed by atoms with E-state index in [1.807, 2.05) is 42.5 Å². The maximum absolute atomic E-state index is 8.82. The molecule has 1 nitrogen and oxygen atoms in total. The van der Waals surface area contributed by atoms with Gasteiger partial charge in [-0.05, 0) is 51.8 Å². The molecule has 1 unspecified atom stereocenters. The van der Waals surface area contributed by atoms with Gasteiger partial charge >= 0.3 is 0 Å². The van der Waals surface area contributed by atoms with Crippen LogP contribution in [0.5, 0.6) is 0 Å². The zero-order chi connectivity index (χ0) is 13.0. The Balaban J connectivity index is 2.47. The Labute approximate surface area is 116 Å². The van der Waals surface area contributed by atoms with E-state index in [0.29, 0.717) is 5.56 Å². The van der Waals surface area contributed by atoms with Crippen LogP contribution in [0.4, 0.5) is 0 Å². The monoisotopic (exact) mass is 273 g/mol. The Morgan fingerprint density at radius 1 is 1.00 bits per heavy atom. The molecule has 2 aromatic rings. The minimum absolute atomic E-state index is 0.309. The lowest BCUT2D eigenvalue weighted by molar-refractivity contribution is 0.845. The van der Waals surface area contributed by atoms with Crippen LogP contribution in [-0.2, 0) is 4.75 Å². The molecule has 0 aromatic heterocycles. The highest BCUT2D eigenvalue weighted by molar-refractivity contribution is 8.21. The van der Waals surface area contributed by atoms with Gasteiger partial charge in [0, 0.05) is 0 Å². The maximum Gasteiger partial charge on any atom is 0.0991 e. The molecule has 1 atom stereocenters. The van der Waals surface area contributed by atoms with Crippen LogP contribution in [-0.4, -0.2) is 0 Å². The summed E-state index contributed by atoms with van der Waals surface area (Å²) in [6.07, 6.45) is 0. The number of nitrogens with zero attached hydrogens (tertiary/aromatic N) is 1. The van der Waals surface area contributed by atoms with Crippen molar-refractivity contribution in [3.8, 4) is 6.07 Å². The van der Waals surface area contributed by atoms with E-state index >= 15 is 0 Å². The number of hydrogen-bond acceptors (Lipinski definition) is 2.